The van der Waals surface area contributed by atoms with Crippen molar-refractivity contribution in [2.45, 2.75) is 6.04 Å². The van der Waals surface area contributed by atoms with Gasteiger partial charge < -0.3 is 9.80 Å². The molecule has 0 atom stereocenters. The highest BCUT2D eigenvalue weighted by molar-refractivity contribution is 9.10. The molecular weight excluding hydrogens is 373 g/mol. The van der Waals surface area contributed by atoms with Crippen molar-refractivity contribution in [2.75, 3.05) is 49.1 Å². The van der Waals surface area contributed by atoms with E-state index in [1.54, 1.807) is 12.4 Å². The number of piperazine rings is 1. The molecule has 2 saturated heterocycles. The van der Waals surface area contributed by atoms with Crippen LogP contribution in [0.4, 0.5) is 16.0 Å². The molecule has 0 aliphatic carbocycles. The summed E-state index contributed by atoms with van der Waals surface area (Å²) >= 11 is 3.36. The van der Waals surface area contributed by atoms with Crippen LogP contribution in [0.1, 0.15) is 0 Å². The Morgan fingerprint density at radius 2 is 1.54 bits per heavy atom. The summed E-state index contributed by atoms with van der Waals surface area (Å²) in [4.78, 5) is 15.8. The normalized spacial score (nSPS) is 19.4. The van der Waals surface area contributed by atoms with E-state index in [1.807, 2.05) is 12.1 Å². The Bertz CT molecular complexity index is 679. The van der Waals surface area contributed by atoms with E-state index < -0.39 is 0 Å². The van der Waals surface area contributed by atoms with E-state index in [2.05, 4.69) is 40.6 Å². The van der Waals surface area contributed by atoms with E-state index in [0.717, 1.165) is 55.4 Å². The molecule has 3 heterocycles. The average Bonchev–Trinajstić information content (AvgIpc) is 2.57. The van der Waals surface area contributed by atoms with Crippen molar-refractivity contribution in [2.24, 2.45) is 0 Å². The van der Waals surface area contributed by atoms with E-state index >= 15 is 0 Å². The first kappa shape index (κ1) is 15.8. The topological polar surface area (TPSA) is 35.5 Å². The second-order valence-electron chi connectivity index (χ2n) is 6.26. The van der Waals surface area contributed by atoms with Crippen LogP contribution in [0, 0.1) is 5.82 Å². The lowest BCUT2D eigenvalue weighted by atomic mass is 10.1. The lowest BCUT2D eigenvalue weighted by Crippen LogP contribution is -2.63. The van der Waals surface area contributed by atoms with Gasteiger partial charge in [0.1, 0.15) is 5.82 Å². The molecule has 2 aromatic rings. The summed E-state index contributed by atoms with van der Waals surface area (Å²) in [5, 5.41) is 0. The van der Waals surface area contributed by atoms with Crippen molar-refractivity contribution in [1.82, 2.24) is 14.9 Å². The first-order valence-corrected chi connectivity index (χ1v) is 8.95. The number of hydrogen-bond acceptors (Lipinski definition) is 5. The van der Waals surface area contributed by atoms with Gasteiger partial charge in [0.15, 0.2) is 0 Å². The lowest BCUT2D eigenvalue weighted by molar-refractivity contribution is 0.156. The summed E-state index contributed by atoms with van der Waals surface area (Å²) in [5.74, 6) is 0.626. The highest BCUT2D eigenvalue weighted by atomic mass is 79.9. The Morgan fingerprint density at radius 1 is 0.917 bits per heavy atom. The van der Waals surface area contributed by atoms with Gasteiger partial charge >= 0.3 is 0 Å². The highest BCUT2D eigenvalue weighted by Gasteiger charge is 2.34. The molecule has 126 valence electrons. The van der Waals surface area contributed by atoms with Crippen LogP contribution in [-0.4, -0.2) is 60.2 Å². The quantitative estimate of drug-likeness (QED) is 0.802. The van der Waals surface area contributed by atoms with E-state index in [9.17, 15) is 4.39 Å². The van der Waals surface area contributed by atoms with Crippen LogP contribution >= 0.6 is 15.9 Å². The minimum Gasteiger partial charge on any atom is -0.369 e. The minimum atomic E-state index is -0.179. The fourth-order valence-electron chi connectivity index (χ4n) is 3.32. The van der Waals surface area contributed by atoms with Crippen LogP contribution in [0.3, 0.4) is 0 Å². The molecule has 0 unspecified atom stereocenters. The van der Waals surface area contributed by atoms with Crippen LogP contribution in [0.25, 0.3) is 0 Å². The van der Waals surface area contributed by atoms with Crippen LogP contribution < -0.4 is 9.80 Å². The predicted octanol–water partition coefficient (Wildman–Crippen LogP) is 2.39. The molecule has 2 fully saturated rings. The van der Waals surface area contributed by atoms with Crippen LogP contribution in [0.15, 0.2) is 41.1 Å². The van der Waals surface area contributed by atoms with Gasteiger partial charge in [-0.1, -0.05) is 0 Å². The number of hydrogen-bond donors (Lipinski definition) is 0. The van der Waals surface area contributed by atoms with Crippen LogP contribution in [-0.2, 0) is 0 Å². The third-order valence-electron chi connectivity index (χ3n) is 4.77. The first-order chi connectivity index (χ1) is 11.7. The molecule has 7 heteroatoms. The second kappa shape index (κ2) is 6.64. The van der Waals surface area contributed by atoms with Crippen molar-refractivity contribution >= 4 is 27.6 Å². The minimum absolute atomic E-state index is 0.179. The highest BCUT2D eigenvalue weighted by Crippen LogP contribution is 2.23. The molecular formula is C17H19BrFN5. The van der Waals surface area contributed by atoms with E-state index in [-0.39, 0.29) is 5.82 Å². The van der Waals surface area contributed by atoms with Gasteiger partial charge in [0.25, 0.3) is 0 Å². The SMILES string of the molecule is Fc1ccc(N2CCN(C3CN(c4ncc(Br)cn4)C3)CC2)cc1. The van der Waals surface area contributed by atoms with Crippen molar-refractivity contribution < 1.29 is 4.39 Å². The third kappa shape index (κ3) is 3.23. The van der Waals surface area contributed by atoms with Crippen LogP contribution in [0.5, 0.6) is 0 Å². The summed E-state index contributed by atoms with van der Waals surface area (Å²) in [7, 11) is 0. The Labute approximate surface area is 149 Å². The van der Waals surface area contributed by atoms with E-state index in [1.165, 1.54) is 12.1 Å². The molecule has 4 rings (SSSR count). The Kier molecular flexibility index (Phi) is 4.37. The molecule has 1 aromatic heterocycles. The molecule has 0 spiro atoms. The van der Waals surface area contributed by atoms with Crippen molar-refractivity contribution in [3.63, 3.8) is 0 Å². The van der Waals surface area contributed by atoms with Gasteiger partial charge in [0.2, 0.25) is 5.95 Å². The zero-order chi connectivity index (χ0) is 16.5. The van der Waals surface area contributed by atoms with Crippen molar-refractivity contribution in [3.8, 4) is 0 Å². The number of benzene rings is 1. The van der Waals surface area contributed by atoms with Gasteiger partial charge in [-0.05, 0) is 40.2 Å². The molecule has 24 heavy (non-hydrogen) atoms. The third-order valence-corrected chi connectivity index (χ3v) is 5.18. The molecule has 5 nitrogen and oxygen atoms in total. The van der Waals surface area contributed by atoms with Gasteiger partial charge in [0, 0.05) is 63.4 Å². The lowest BCUT2D eigenvalue weighted by Gasteiger charge is -2.48. The molecule has 0 bridgehead atoms. The van der Waals surface area contributed by atoms with Gasteiger partial charge in [-0.2, -0.15) is 0 Å². The Hall–Kier alpha value is -1.73. The number of nitrogens with zero attached hydrogens (tertiary/aromatic N) is 5. The molecule has 0 saturated carbocycles. The van der Waals surface area contributed by atoms with Gasteiger partial charge in [0.05, 0.1) is 4.47 Å². The van der Waals surface area contributed by atoms with Crippen molar-refractivity contribution in [3.05, 3.63) is 46.9 Å². The molecule has 0 amide bonds. The molecule has 0 N–H and O–H groups in total. The summed E-state index contributed by atoms with van der Waals surface area (Å²) in [6, 6.07) is 7.36. The fraction of sp³-hybridized carbons (Fsp3) is 0.412. The smallest absolute Gasteiger partial charge is 0.225 e. The maximum Gasteiger partial charge on any atom is 0.225 e. The molecule has 1 aromatic carbocycles. The molecule has 2 aliphatic heterocycles. The summed E-state index contributed by atoms with van der Waals surface area (Å²) < 4.78 is 13.9. The first-order valence-electron chi connectivity index (χ1n) is 8.16. The number of halogens is 2. The zero-order valence-corrected chi connectivity index (χ0v) is 14.9. The van der Waals surface area contributed by atoms with Crippen molar-refractivity contribution in [1.29, 1.82) is 0 Å². The molecule has 0 radical (unpaired) electrons. The van der Waals surface area contributed by atoms with Gasteiger partial charge in [-0.25, -0.2) is 14.4 Å². The zero-order valence-electron chi connectivity index (χ0n) is 13.3. The average molecular weight is 392 g/mol. The summed E-state index contributed by atoms with van der Waals surface area (Å²) in [5.41, 5.74) is 1.11. The Morgan fingerprint density at radius 3 is 2.17 bits per heavy atom. The monoisotopic (exact) mass is 391 g/mol. The molecule has 2 aliphatic rings. The number of rotatable bonds is 3. The maximum absolute atomic E-state index is 13.0. The van der Waals surface area contributed by atoms with Gasteiger partial charge in [-0.15, -0.1) is 0 Å². The van der Waals surface area contributed by atoms with E-state index in [4.69, 9.17) is 0 Å². The summed E-state index contributed by atoms with van der Waals surface area (Å²) in [6.07, 6.45) is 3.58. The van der Waals surface area contributed by atoms with Gasteiger partial charge in [-0.3, -0.25) is 4.90 Å². The summed E-state index contributed by atoms with van der Waals surface area (Å²) in [6.45, 7) is 6.01. The second-order valence-corrected chi connectivity index (χ2v) is 7.18. The predicted molar refractivity (Wildman–Crippen MR) is 95.9 cm³/mol. The fourth-order valence-corrected chi connectivity index (χ4v) is 3.52. The maximum atomic E-state index is 13.0. The number of aromatic nitrogens is 2. The van der Waals surface area contributed by atoms with E-state index in [0.29, 0.717) is 6.04 Å². The number of anilines is 2. The standard InChI is InChI=1S/C17H19BrFN5/c18-13-9-20-17(21-10-13)24-11-16(12-24)23-7-5-22(6-8-23)15-3-1-14(19)2-4-15/h1-4,9-10,16H,5-8,11-12H2. The van der Waals surface area contributed by atoms with Crippen LogP contribution in [0.2, 0.25) is 0 Å². The largest absolute Gasteiger partial charge is 0.369 e. The Balaban J connectivity index is 1.28.